The summed E-state index contributed by atoms with van der Waals surface area (Å²) in [5.41, 5.74) is 7.08. The summed E-state index contributed by atoms with van der Waals surface area (Å²) in [5, 5.41) is 3.24. The maximum Gasteiger partial charge on any atom is 0.182 e. The average Bonchev–Trinajstić information content (AvgIpc) is 2.20. The fraction of sp³-hybridized carbons (Fsp3) is 0.455. The molecule has 1 unspecified atom stereocenters. The number of sulfone groups is 1. The lowest BCUT2D eigenvalue weighted by Gasteiger charge is -2.27. The van der Waals surface area contributed by atoms with Crippen molar-refractivity contribution in [3.05, 3.63) is 22.2 Å². The maximum absolute atomic E-state index is 12.2. The Bertz CT molecular complexity index is 543. The van der Waals surface area contributed by atoms with Crippen molar-refractivity contribution in [2.24, 2.45) is 5.73 Å². The molecule has 0 spiro atoms. The summed E-state index contributed by atoms with van der Waals surface area (Å²) >= 11 is 3.40. The molecule has 0 fully saturated rings. The number of hydrogen-bond donors (Lipinski definition) is 2. The lowest BCUT2D eigenvalue weighted by Crippen LogP contribution is -2.36. The van der Waals surface area contributed by atoms with Gasteiger partial charge in [-0.05, 0) is 53.5 Å². The Balaban J connectivity index is 2.53. The molecule has 4 nitrogen and oxygen atoms in total. The highest BCUT2D eigenvalue weighted by Gasteiger charge is 2.30. The number of benzene rings is 1. The van der Waals surface area contributed by atoms with Gasteiger partial charge in [-0.15, -0.1) is 0 Å². The van der Waals surface area contributed by atoms with Crippen LogP contribution in [0.5, 0.6) is 0 Å². The highest BCUT2D eigenvalue weighted by atomic mass is 79.9. The molecule has 3 N–H and O–H groups in total. The quantitative estimate of drug-likeness (QED) is 0.870. The molecule has 1 atom stereocenters. The van der Waals surface area contributed by atoms with Crippen molar-refractivity contribution in [3.8, 4) is 0 Å². The maximum atomic E-state index is 12.2. The Morgan fingerprint density at radius 3 is 2.88 bits per heavy atom. The zero-order valence-corrected chi connectivity index (χ0v) is 11.9. The van der Waals surface area contributed by atoms with E-state index in [0.29, 0.717) is 23.5 Å². The average molecular weight is 319 g/mol. The number of rotatable bonds is 2. The van der Waals surface area contributed by atoms with Crippen molar-refractivity contribution in [2.45, 2.75) is 24.3 Å². The van der Waals surface area contributed by atoms with Crippen LogP contribution >= 0.6 is 15.9 Å². The summed E-state index contributed by atoms with van der Waals surface area (Å²) in [4.78, 5) is 0.387. The van der Waals surface area contributed by atoms with Crippen LogP contribution in [0, 0.1) is 6.92 Å². The molecule has 0 amide bonds. The van der Waals surface area contributed by atoms with E-state index >= 15 is 0 Å². The Morgan fingerprint density at radius 1 is 1.53 bits per heavy atom. The summed E-state index contributed by atoms with van der Waals surface area (Å²) in [6, 6.07) is 3.52. The summed E-state index contributed by atoms with van der Waals surface area (Å²) < 4.78 is 25.1. The predicted molar refractivity (Wildman–Crippen MR) is 72.0 cm³/mol. The number of aryl methyl sites for hydroxylation is 1. The number of nitrogens with one attached hydrogen (secondary N) is 1. The lowest BCUT2D eigenvalue weighted by atomic mass is 10.2. The first-order valence-electron chi connectivity index (χ1n) is 5.43. The van der Waals surface area contributed by atoms with E-state index in [9.17, 15) is 8.42 Å². The van der Waals surface area contributed by atoms with E-state index in [1.807, 2.05) is 13.0 Å². The molecule has 2 rings (SSSR count). The molecule has 1 aromatic carbocycles. The third-order valence-corrected chi connectivity index (χ3v) is 5.28. The van der Waals surface area contributed by atoms with Crippen molar-refractivity contribution in [1.29, 1.82) is 0 Å². The van der Waals surface area contributed by atoms with E-state index in [4.69, 9.17) is 5.73 Å². The van der Waals surface area contributed by atoms with E-state index in [-0.39, 0.29) is 11.8 Å². The summed E-state index contributed by atoms with van der Waals surface area (Å²) in [6.07, 6.45) is 0.652. The SMILES string of the molecule is Cc1cc(Br)c2c(c1)S(=O)(=O)CC(CCN)N2. The first-order valence-corrected chi connectivity index (χ1v) is 7.88. The Labute approximate surface area is 110 Å². The monoisotopic (exact) mass is 318 g/mol. The molecular formula is C11H15BrN2O2S. The lowest BCUT2D eigenvalue weighted by molar-refractivity contribution is 0.580. The summed E-state index contributed by atoms with van der Waals surface area (Å²) in [7, 11) is -3.21. The van der Waals surface area contributed by atoms with Crippen molar-refractivity contribution in [3.63, 3.8) is 0 Å². The Hall–Kier alpha value is -0.590. The smallest absolute Gasteiger partial charge is 0.182 e. The number of hydrogen-bond acceptors (Lipinski definition) is 4. The van der Waals surface area contributed by atoms with Gasteiger partial charge in [-0.3, -0.25) is 0 Å². The fourth-order valence-corrected chi connectivity index (χ4v) is 4.68. The van der Waals surface area contributed by atoms with E-state index in [2.05, 4.69) is 21.2 Å². The van der Waals surface area contributed by atoms with Gasteiger partial charge < -0.3 is 11.1 Å². The number of anilines is 1. The Morgan fingerprint density at radius 2 is 2.24 bits per heavy atom. The van der Waals surface area contributed by atoms with E-state index < -0.39 is 9.84 Å². The highest BCUT2D eigenvalue weighted by Crippen LogP contribution is 2.36. The van der Waals surface area contributed by atoms with Gasteiger partial charge >= 0.3 is 0 Å². The topological polar surface area (TPSA) is 72.2 Å². The van der Waals surface area contributed by atoms with Crippen LogP contribution in [-0.4, -0.2) is 26.8 Å². The second-order valence-corrected chi connectivity index (χ2v) is 7.18. The largest absolute Gasteiger partial charge is 0.379 e. The third kappa shape index (κ3) is 2.48. The van der Waals surface area contributed by atoms with Crippen LogP contribution in [0.25, 0.3) is 0 Å². The van der Waals surface area contributed by atoms with E-state index in [1.54, 1.807) is 6.07 Å². The molecule has 17 heavy (non-hydrogen) atoms. The molecule has 0 aromatic heterocycles. The minimum atomic E-state index is -3.21. The van der Waals surface area contributed by atoms with Gasteiger partial charge in [-0.25, -0.2) is 8.42 Å². The summed E-state index contributed by atoms with van der Waals surface area (Å²) in [5.74, 6) is 0.118. The standard InChI is InChI=1S/C11H15BrN2O2S/c1-7-4-9(12)11-10(5-7)17(15,16)6-8(14-11)2-3-13/h4-5,8,14H,2-3,6,13H2,1H3. The van der Waals surface area contributed by atoms with Crippen LogP contribution < -0.4 is 11.1 Å². The third-order valence-electron chi connectivity index (χ3n) is 2.82. The van der Waals surface area contributed by atoms with Crippen LogP contribution in [0.2, 0.25) is 0 Å². The van der Waals surface area contributed by atoms with Crippen LogP contribution in [-0.2, 0) is 9.84 Å². The number of fused-ring (bicyclic) bond motifs is 1. The first kappa shape index (κ1) is 12.9. The number of halogens is 1. The molecule has 0 saturated carbocycles. The van der Waals surface area contributed by atoms with Crippen molar-refractivity contribution in [1.82, 2.24) is 0 Å². The highest BCUT2D eigenvalue weighted by molar-refractivity contribution is 9.10. The summed E-state index contributed by atoms with van der Waals surface area (Å²) in [6.45, 7) is 2.36. The van der Waals surface area contributed by atoms with Crippen molar-refractivity contribution >= 4 is 31.5 Å². The Kier molecular flexibility index (Phi) is 3.47. The zero-order chi connectivity index (χ0) is 12.6. The van der Waals surface area contributed by atoms with Crippen LogP contribution in [0.15, 0.2) is 21.5 Å². The van der Waals surface area contributed by atoms with Crippen molar-refractivity contribution in [2.75, 3.05) is 17.6 Å². The van der Waals surface area contributed by atoms with Crippen LogP contribution in [0.3, 0.4) is 0 Å². The van der Waals surface area contributed by atoms with Gasteiger partial charge in [0.2, 0.25) is 0 Å². The molecule has 1 aromatic rings. The van der Waals surface area contributed by atoms with Gasteiger partial charge in [0.05, 0.1) is 16.3 Å². The molecule has 0 radical (unpaired) electrons. The molecule has 0 bridgehead atoms. The van der Waals surface area contributed by atoms with Gasteiger partial charge in [-0.1, -0.05) is 0 Å². The van der Waals surface area contributed by atoms with Crippen molar-refractivity contribution < 1.29 is 8.42 Å². The van der Waals surface area contributed by atoms with E-state index in [1.165, 1.54) is 0 Å². The minimum absolute atomic E-state index is 0.100. The second-order valence-electron chi connectivity index (χ2n) is 4.32. The molecule has 94 valence electrons. The molecule has 6 heteroatoms. The molecule has 1 heterocycles. The molecule has 1 aliphatic heterocycles. The van der Waals surface area contributed by atoms with Gasteiger partial charge in [-0.2, -0.15) is 0 Å². The molecule has 0 aliphatic carbocycles. The van der Waals surface area contributed by atoms with Gasteiger partial charge in [0.1, 0.15) is 0 Å². The molecule has 1 aliphatic rings. The second kappa shape index (κ2) is 4.59. The van der Waals surface area contributed by atoms with Crippen LogP contribution in [0.1, 0.15) is 12.0 Å². The normalized spacial score (nSPS) is 21.7. The van der Waals surface area contributed by atoms with Crippen LogP contribution in [0.4, 0.5) is 5.69 Å². The molecular weight excluding hydrogens is 304 g/mol. The zero-order valence-electron chi connectivity index (χ0n) is 9.53. The fourth-order valence-electron chi connectivity index (χ4n) is 2.05. The van der Waals surface area contributed by atoms with Gasteiger partial charge in [0, 0.05) is 10.5 Å². The minimum Gasteiger partial charge on any atom is -0.379 e. The van der Waals surface area contributed by atoms with Gasteiger partial charge in [0.25, 0.3) is 0 Å². The first-order chi connectivity index (χ1) is 7.94. The molecule has 0 saturated heterocycles. The van der Waals surface area contributed by atoms with E-state index in [0.717, 1.165) is 10.0 Å². The predicted octanol–water partition coefficient (Wildman–Crippen LogP) is 1.67. The van der Waals surface area contributed by atoms with Gasteiger partial charge in [0.15, 0.2) is 9.84 Å². The number of nitrogens with two attached hydrogens (primary N) is 1.